The van der Waals surface area contributed by atoms with Crippen molar-refractivity contribution in [2.45, 2.75) is 31.9 Å². The molecule has 2 aromatic rings. The Balaban J connectivity index is 2.18. The van der Waals surface area contributed by atoms with Crippen LogP contribution in [-0.2, 0) is 6.18 Å². The molecule has 90 valence electrons. The second-order valence-electron chi connectivity index (χ2n) is 4.39. The minimum Gasteiger partial charge on any atom is -0.224 e. The Labute approximate surface area is 95.3 Å². The van der Waals surface area contributed by atoms with E-state index in [1.54, 1.807) is 13.0 Å². The Kier molecular flexibility index (Phi) is 1.99. The van der Waals surface area contributed by atoms with Crippen molar-refractivity contribution < 1.29 is 13.2 Å². The fourth-order valence-electron chi connectivity index (χ4n) is 1.87. The molecule has 0 atom stereocenters. The van der Waals surface area contributed by atoms with Crippen LogP contribution < -0.4 is 0 Å². The average Bonchev–Trinajstić information content (AvgIpc) is 2.97. The van der Waals surface area contributed by atoms with Crippen LogP contribution in [-0.4, -0.2) is 14.6 Å². The SMILES string of the molecule is Cc1cc(C(F)(F)F)nc2cc(C3CC3)nn12. The van der Waals surface area contributed by atoms with Crippen LogP contribution in [0.2, 0.25) is 0 Å². The van der Waals surface area contributed by atoms with Crippen molar-refractivity contribution >= 4 is 5.65 Å². The van der Waals surface area contributed by atoms with Crippen molar-refractivity contribution in [2.75, 3.05) is 0 Å². The molecular formula is C11H10F3N3. The molecule has 1 aliphatic rings. The minimum absolute atomic E-state index is 0.277. The van der Waals surface area contributed by atoms with Gasteiger partial charge in [0.15, 0.2) is 5.65 Å². The Morgan fingerprint density at radius 1 is 1.29 bits per heavy atom. The van der Waals surface area contributed by atoms with Crippen molar-refractivity contribution in [2.24, 2.45) is 0 Å². The molecule has 0 unspecified atom stereocenters. The molecule has 3 rings (SSSR count). The standard InChI is InChI=1S/C11H10F3N3/c1-6-4-9(11(12,13)14)15-10-5-8(7-2-3-7)16-17(6)10/h4-5,7H,2-3H2,1H3. The normalized spacial score (nSPS) is 16.7. The predicted molar refractivity (Wildman–Crippen MR) is 54.7 cm³/mol. The highest BCUT2D eigenvalue weighted by molar-refractivity contribution is 5.43. The molecule has 1 saturated carbocycles. The van der Waals surface area contributed by atoms with Crippen molar-refractivity contribution in [1.29, 1.82) is 0 Å². The summed E-state index contributed by atoms with van der Waals surface area (Å²) in [5, 5.41) is 4.28. The van der Waals surface area contributed by atoms with Crippen LogP contribution in [0.3, 0.4) is 0 Å². The van der Waals surface area contributed by atoms with E-state index in [4.69, 9.17) is 0 Å². The van der Waals surface area contributed by atoms with Crippen LogP contribution in [0.5, 0.6) is 0 Å². The lowest BCUT2D eigenvalue weighted by atomic mass is 10.3. The first-order valence-electron chi connectivity index (χ1n) is 5.39. The first-order valence-corrected chi connectivity index (χ1v) is 5.39. The van der Waals surface area contributed by atoms with Gasteiger partial charge < -0.3 is 0 Å². The molecule has 0 bridgehead atoms. The lowest BCUT2D eigenvalue weighted by Gasteiger charge is -2.07. The summed E-state index contributed by atoms with van der Waals surface area (Å²) in [6.45, 7) is 1.60. The van der Waals surface area contributed by atoms with E-state index in [0.29, 0.717) is 11.6 Å². The Bertz CT molecular complexity index is 581. The summed E-state index contributed by atoms with van der Waals surface area (Å²) in [6, 6.07) is 2.68. The summed E-state index contributed by atoms with van der Waals surface area (Å²) in [6.07, 6.45) is -2.28. The molecule has 0 saturated heterocycles. The molecular weight excluding hydrogens is 231 g/mol. The number of rotatable bonds is 1. The molecule has 6 heteroatoms. The molecule has 17 heavy (non-hydrogen) atoms. The van der Waals surface area contributed by atoms with Crippen LogP contribution in [0.1, 0.15) is 35.8 Å². The largest absolute Gasteiger partial charge is 0.433 e. The number of aromatic nitrogens is 3. The zero-order valence-electron chi connectivity index (χ0n) is 9.12. The number of alkyl halides is 3. The average molecular weight is 241 g/mol. The van der Waals surface area contributed by atoms with Crippen molar-refractivity contribution in [3.8, 4) is 0 Å². The summed E-state index contributed by atoms with van der Waals surface area (Å²) in [5.41, 5.74) is 0.720. The highest BCUT2D eigenvalue weighted by Gasteiger charge is 2.34. The van der Waals surface area contributed by atoms with E-state index in [1.165, 1.54) is 4.52 Å². The lowest BCUT2D eigenvalue weighted by molar-refractivity contribution is -0.141. The van der Waals surface area contributed by atoms with Crippen molar-refractivity contribution in [3.05, 3.63) is 29.2 Å². The topological polar surface area (TPSA) is 30.2 Å². The van der Waals surface area contributed by atoms with Gasteiger partial charge in [-0.05, 0) is 25.8 Å². The second kappa shape index (κ2) is 3.21. The van der Waals surface area contributed by atoms with Crippen LogP contribution in [0.25, 0.3) is 5.65 Å². The number of fused-ring (bicyclic) bond motifs is 1. The van der Waals surface area contributed by atoms with Crippen LogP contribution in [0.15, 0.2) is 12.1 Å². The Morgan fingerprint density at radius 2 is 2.00 bits per heavy atom. The molecule has 2 aromatic heterocycles. The highest BCUT2D eigenvalue weighted by atomic mass is 19.4. The van der Waals surface area contributed by atoms with Gasteiger partial charge in [-0.3, -0.25) is 0 Å². The van der Waals surface area contributed by atoms with E-state index in [-0.39, 0.29) is 5.65 Å². The highest BCUT2D eigenvalue weighted by Crippen LogP contribution is 2.39. The zero-order chi connectivity index (χ0) is 12.2. The molecule has 2 heterocycles. The third kappa shape index (κ3) is 1.77. The van der Waals surface area contributed by atoms with Gasteiger partial charge in [0.25, 0.3) is 0 Å². The third-order valence-corrected chi connectivity index (χ3v) is 2.91. The fourth-order valence-corrected chi connectivity index (χ4v) is 1.87. The van der Waals surface area contributed by atoms with E-state index in [9.17, 15) is 13.2 Å². The molecule has 0 N–H and O–H groups in total. The van der Waals surface area contributed by atoms with Crippen LogP contribution in [0, 0.1) is 6.92 Å². The van der Waals surface area contributed by atoms with Gasteiger partial charge in [0.05, 0.1) is 5.69 Å². The summed E-state index contributed by atoms with van der Waals surface area (Å²) >= 11 is 0. The first kappa shape index (κ1) is 10.6. The van der Waals surface area contributed by atoms with Gasteiger partial charge in [0.1, 0.15) is 5.69 Å². The van der Waals surface area contributed by atoms with E-state index in [1.807, 2.05) is 0 Å². The number of aryl methyl sites for hydroxylation is 1. The monoisotopic (exact) mass is 241 g/mol. The lowest BCUT2D eigenvalue weighted by Crippen LogP contribution is -2.10. The summed E-state index contributed by atoms with van der Waals surface area (Å²) in [5.74, 6) is 0.408. The summed E-state index contributed by atoms with van der Waals surface area (Å²) in [4.78, 5) is 3.61. The van der Waals surface area contributed by atoms with Gasteiger partial charge in [-0.2, -0.15) is 18.3 Å². The maximum absolute atomic E-state index is 12.6. The van der Waals surface area contributed by atoms with Gasteiger partial charge in [-0.25, -0.2) is 9.50 Å². The number of hydrogen-bond donors (Lipinski definition) is 0. The van der Waals surface area contributed by atoms with Crippen molar-refractivity contribution in [3.63, 3.8) is 0 Å². The fraction of sp³-hybridized carbons (Fsp3) is 0.455. The Morgan fingerprint density at radius 3 is 2.59 bits per heavy atom. The van der Waals surface area contributed by atoms with E-state index >= 15 is 0 Å². The molecule has 0 radical (unpaired) electrons. The maximum atomic E-state index is 12.6. The third-order valence-electron chi connectivity index (χ3n) is 2.91. The maximum Gasteiger partial charge on any atom is 0.433 e. The summed E-state index contributed by atoms with van der Waals surface area (Å²) in [7, 11) is 0. The van der Waals surface area contributed by atoms with Gasteiger partial charge in [-0.15, -0.1) is 0 Å². The van der Waals surface area contributed by atoms with E-state index in [2.05, 4.69) is 10.1 Å². The number of nitrogens with zero attached hydrogens (tertiary/aromatic N) is 3. The van der Waals surface area contributed by atoms with E-state index < -0.39 is 11.9 Å². The van der Waals surface area contributed by atoms with Gasteiger partial charge in [-0.1, -0.05) is 0 Å². The molecule has 0 amide bonds. The van der Waals surface area contributed by atoms with Crippen LogP contribution >= 0.6 is 0 Å². The molecule has 0 aromatic carbocycles. The predicted octanol–water partition coefficient (Wildman–Crippen LogP) is 2.93. The van der Waals surface area contributed by atoms with Crippen LogP contribution in [0.4, 0.5) is 13.2 Å². The molecule has 1 fully saturated rings. The van der Waals surface area contributed by atoms with Gasteiger partial charge >= 0.3 is 6.18 Å². The minimum atomic E-state index is -4.41. The molecule has 0 spiro atoms. The molecule has 0 aliphatic heterocycles. The first-order chi connectivity index (χ1) is 7.95. The Hall–Kier alpha value is -1.59. The number of halogens is 3. The zero-order valence-corrected chi connectivity index (χ0v) is 9.12. The van der Waals surface area contributed by atoms with Gasteiger partial charge in [0, 0.05) is 17.7 Å². The quantitative estimate of drug-likeness (QED) is 0.768. The molecule has 3 nitrogen and oxygen atoms in total. The van der Waals surface area contributed by atoms with Crippen molar-refractivity contribution in [1.82, 2.24) is 14.6 Å². The van der Waals surface area contributed by atoms with E-state index in [0.717, 1.165) is 24.6 Å². The second-order valence-corrected chi connectivity index (χ2v) is 4.39. The summed E-state index contributed by atoms with van der Waals surface area (Å²) < 4.78 is 39.2. The van der Waals surface area contributed by atoms with Gasteiger partial charge in [0.2, 0.25) is 0 Å². The molecule has 1 aliphatic carbocycles. The smallest absolute Gasteiger partial charge is 0.224 e. The number of hydrogen-bond acceptors (Lipinski definition) is 2.